The number of carboxylic acids is 1. The Morgan fingerprint density at radius 3 is 2.69 bits per heavy atom. The van der Waals surface area contributed by atoms with E-state index in [1.807, 2.05) is 0 Å². The van der Waals surface area contributed by atoms with E-state index in [0.29, 0.717) is 17.5 Å². The van der Waals surface area contributed by atoms with E-state index in [-0.39, 0.29) is 5.75 Å². The lowest BCUT2D eigenvalue weighted by molar-refractivity contribution is -0.147. The minimum absolute atomic E-state index is 0.0749. The maximum atomic E-state index is 10.7. The molecule has 0 saturated carbocycles. The van der Waals surface area contributed by atoms with E-state index in [4.69, 9.17) is 5.11 Å². The molecule has 1 atom stereocenters. The van der Waals surface area contributed by atoms with Crippen molar-refractivity contribution in [2.75, 3.05) is 5.33 Å². The number of benzene rings is 1. The second-order valence-electron chi connectivity index (χ2n) is 3.42. The number of aliphatic carboxylic acids is 1. The summed E-state index contributed by atoms with van der Waals surface area (Å²) < 4.78 is 0. The molecule has 0 spiro atoms. The zero-order valence-corrected chi connectivity index (χ0v) is 10.1. The van der Waals surface area contributed by atoms with Crippen molar-refractivity contribution in [2.45, 2.75) is 18.9 Å². The topological polar surface area (TPSA) is 77.8 Å². The zero-order chi connectivity index (χ0) is 12.1. The lowest BCUT2D eigenvalue weighted by atomic mass is 9.98. The van der Waals surface area contributed by atoms with Gasteiger partial charge in [-0.2, -0.15) is 0 Å². The van der Waals surface area contributed by atoms with Gasteiger partial charge in [0.25, 0.3) is 0 Å². The van der Waals surface area contributed by atoms with Gasteiger partial charge in [0.05, 0.1) is 0 Å². The summed E-state index contributed by atoms with van der Waals surface area (Å²) in [5.41, 5.74) is 1.00. The van der Waals surface area contributed by atoms with Gasteiger partial charge in [0.15, 0.2) is 6.10 Å². The molecule has 3 N–H and O–H groups in total. The average Bonchev–Trinajstić information content (AvgIpc) is 2.25. The van der Waals surface area contributed by atoms with Gasteiger partial charge in [-0.25, -0.2) is 4.79 Å². The third kappa shape index (κ3) is 3.21. The monoisotopic (exact) mass is 288 g/mol. The molecular weight excluding hydrogens is 276 g/mol. The lowest BCUT2D eigenvalue weighted by Crippen LogP contribution is -2.12. The fourth-order valence-electron chi connectivity index (χ4n) is 1.47. The van der Waals surface area contributed by atoms with Crippen molar-refractivity contribution >= 4 is 21.9 Å². The molecule has 5 heteroatoms. The average molecular weight is 289 g/mol. The Morgan fingerprint density at radius 2 is 2.12 bits per heavy atom. The number of rotatable bonds is 5. The van der Waals surface area contributed by atoms with Crippen molar-refractivity contribution in [2.24, 2.45) is 0 Å². The smallest absolute Gasteiger partial charge is 0.337 e. The molecule has 1 rings (SSSR count). The summed E-state index contributed by atoms with van der Waals surface area (Å²) in [7, 11) is 0. The molecule has 0 bridgehead atoms. The molecule has 0 fully saturated rings. The number of halogens is 1. The number of hydrogen-bond acceptors (Lipinski definition) is 3. The Labute approximate surface area is 102 Å². The standard InChI is InChI=1S/C11H13BrO4/c12-5-1-2-7-6-8(13)3-4-9(7)10(14)11(15)16/h3-4,6,10,13-14H,1-2,5H2,(H,15,16). The van der Waals surface area contributed by atoms with E-state index in [9.17, 15) is 15.0 Å². The molecule has 0 aliphatic heterocycles. The highest BCUT2D eigenvalue weighted by Crippen LogP contribution is 2.24. The summed E-state index contributed by atoms with van der Waals surface area (Å²) in [6, 6.07) is 4.31. The molecule has 0 aromatic heterocycles. The number of hydrogen-bond donors (Lipinski definition) is 3. The third-order valence-corrected chi connectivity index (χ3v) is 2.80. The number of phenols is 1. The number of phenolic OH excluding ortho intramolecular Hbond substituents is 1. The molecule has 1 aromatic rings. The first-order valence-electron chi connectivity index (χ1n) is 4.85. The number of aliphatic hydroxyl groups is 1. The fourth-order valence-corrected chi connectivity index (χ4v) is 1.75. The predicted molar refractivity (Wildman–Crippen MR) is 62.8 cm³/mol. The van der Waals surface area contributed by atoms with E-state index >= 15 is 0 Å². The largest absolute Gasteiger partial charge is 0.508 e. The first kappa shape index (κ1) is 13.0. The van der Waals surface area contributed by atoms with Gasteiger partial charge in [0.1, 0.15) is 5.75 Å². The lowest BCUT2D eigenvalue weighted by Gasteiger charge is -2.12. The SMILES string of the molecule is O=C(O)C(O)c1ccc(O)cc1CCCBr. The fraction of sp³-hybridized carbons (Fsp3) is 0.364. The van der Waals surface area contributed by atoms with Crippen LogP contribution in [-0.4, -0.2) is 26.6 Å². The molecule has 0 saturated heterocycles. The van der Waals surface area contributed by atoms with Gasteiger partial charge in [0.2, 0.25) is 0 Å². The van der Waals surface area contributed by atoms with Gasteiger partial charge in [-0.3, -0.25) is 0 Å². The summed E-state index contributed by atoms with van der Waals surface area (Å²) >= 11 is 3.27. The summed E-state index contributed by atoms with van der Waals surface area (Å²) in [5, 5.41) is 28.3. The molecule has 0 amide bonds. The van der Waals surface area contributed by atoms with E-state index in [1.54, 1.807) is 0 Å². The van der Waals surface area contributed by atoms with Crippen LogP contribution in [0.4, 0.5) is 0 Å². The van der Waals surface area contributed by atoms with E-state index in [0.717, 1.165) is 11.8 Å². The predicted octanol–water partition coefficient (Wildman–Crippen LogP) is 1.84. The number of aliphatic hydroxyl groups excluding tert-OH is 1. The second kappa shape index (κ2) is 5.86. The Kier molecular flexibility index (Phi) is 4.76. The van der Waals surface area contributed by atoms with E-state index < -0.39 is 12.1 Å². The number of carbonyl (C=O) groups is 1. The zero-order valence-electron chi connectivity index (χ0n) is 8.56. The summed E-state index contributed by atoms with van der Waals surface area (Å²) in [6.07, 6.45) is -0.117. The quantitative estimate of drug-likeness (QED) is 0.723. The molecule has 4 nitrogen and oxygen atoms in total. The maximum Gasteiger partial charge on any atom is 0.337 e. The van der Waals surface area contributed by atoms with Crippen LogP contribution in [0.25, 0.3) is 0 Å². The van der Waals surface area contributed by atoms with Crippen molar-refractivity contribution < 1.29 is 20.1 Å². The van der Waals surface area contributed by atoms with Crippen LogP contribution in [0.1, 0.15) is 23.7 Å². The van der Waals surface area contributed by atoms with Crippen LogP contribution in [0, 0.1) is 0 Å². The Balaban J connectivity index is 3.01. The molecule has 1 unspecified atom stereocenters. The van der Waals surface area contributed by atoms with Gasteiger partial charge in [0, 0.05) is 5.33 Å². The van der Waals surface area contributed by atoms with Gasteiger partial charge in [-0.15, -0.1) is 0 Å². The minimum Gasteiger partial charge on any atom is -0.508 e. The van der Waals surface area contributed by atoms with E-state index in [1.165, 1.54) is 18.2 Å². The Morgan fingerprint density at radius 1 is 1.44 bits per heavy atom. The van der Waals surface area contributed by atoms with Gasteiger partial charge in [-0.05, 0) is 36.1 Å². The van der Waals surface area contributed by atoms with Crippen LogP contribution in [0.2, 0.25) is 0 Å². The number of aryl methyl sites for hydroxylation is 1. The van der Waals surface area contributed by atoms with Gasteiger partial charge < -0.3 is 15.3 Å². The highest BCUT2D eigenvalue weighted by Gasteiger charge is 2.19. The number of carboxylic acid groups (broad SMARTS) is 1. The molecule has 88 valence electrons. The van der Waals surface area contributed by atoms with Gasteiger partial charge >= 0.3 is 5.97 Å². The second-order valence-corrected chi connectivity index (χ2v) is 4.21. The summed E-state index contributed by atoms with van der Waals surface area (Å²) in [6.45, 7) is 0. The summed E-state index contributed by atoms with van der Waals surface area (Å²) in [5.74, 6) is -1.21. The van der Waals surface area contributed by atoms with Crippen molar-refractivity contribution in [1.82, 2.24) is 0 Å². The Hall–Kier alpha value is -1.07. The van der Waals surface area contributed by atoms with Crippen LogP contribution in [-0.2, 0) is 11.2 Å². The van der Waals surface area contributed by atoms with Crippen molar-refractivity contribution in [1.29, 1.82) is 0 Å². The first-order chi connectivity index (χ1) is 7.56. The molecule has 16 heavy (non-hydrogen) atoms. The molecule has 0 aliphatic rings. The minimum atomic E-state index is -1.54. The molecule has 0 radical (unpaired) electrons. The highest BCUT2D eigenvalue weighted by molar-refractivity contribution is 9.09. The molecule has 1 aromatic carbocycles. The molecule has 0 heterocycles. The molecular formula is C11H13BrO4. The van der Waals surface area contributed by atoms with Crippen molar-refractivity contribution in [3.05, 3.63) is 29.3 Å². The highest BCUT2D eigenvalue weighted by atomic mass is 79.9. The van der Waals surface area contributed by atoms with Crippen LogP contribution in [0.5, 0.6) is 5.75 Å². The van der Waals surface area contributed by atoms with Crippen LogP contribution >= 0.6 is 15.9 Å². The summed E-state index contributed by atoms with van der Waals surface area (Å²) in [4.78, 5) is 10.7. The third-order valence-electron chi connectivity index (χ3n) is 2.23. The van der Waals surface area contributed by atoms with Crippen LogP contribution < -0.4 is 0 Å². The number of alkyl halides is 1. The van der Waals surface area contributed by atoms with Crippen LogP contribution in [0.3, 0.4) is 0 Å². The number of aromatic hydroxyl groups is 1. The first-order valence-corrected chi connectivity index (χ1v) is 5.97. The maximum absolute atomic E-state index is 10.7. The van der Waals surface area contributed by atoms with Crippen molar-refractivity contribution in [3.8, 4) is 5.75 Å². The normalized spacial score (nSPS) is 12.4. The van der Waals surface area contributed by atoms with E-state index in [2.05, 4.69) is 15.9 Å². The molecule has 0 aliphatic carbocycles. The Bertz CT molecular complexity index is 378. The van der Waals surface area contributed by atoms with Gasteiger partial charge in [-0.1, -0.05) is 22.0 Å². The van der Waals surface area contributed by atoms with Crippen molar-refractivity contribution in [3.63, 3.8) is 0 Å². The van der Waals surface area contributed by atoms with Crippen LogP contribution in [0.15, 0.2) is 18.2 Å².